The van der Waals surface area contributed by atoms with E-state index < -0.39 is 30.2 Å². The third-order valence-corrected chi connectivity index (χ3v) is 5.23. The molecule has 4 rings (SSSR count). The molecular formula is C21H16ClF3N2O5. The van der Waals surface area contributed by atoms with Gasteiger partial charge in [-0.3, -0.25) is 4.90 Å². The molecule has 0 saturated carbocycles. The van der Waals surface area contributed by atoms with Crippen molar-refractivity contribution in [1.82, 2.24) is 4.90 Å². The van der Waals surface area contributed by atoms with Gasteiger partial charge in [0.1, 0.15) is 11.5 Å². The van der Waals surface area contributed by atoms with Gasteiger partial charge in [-0.2, -0.15) is 0 Å². The molecule has 0 spiro atoms. The van der Waals surface area contributed by atoms with E-state index in [9.17, 15) is 22.8 Å². The van der Waals surface area contributed by atoms with Gasteiger partial charge in [-0.1, -0.05) is 17.7 Å². The number of anilines is 1. The number of benzene rings is 2. The Morgan fingerprint density at radius 1 is 1.19 bits per heavy atom. The molecule has 168 valence electrons. The van der Waals surface area contributed by atoms with Crippen molar-refractivity contribution in [2.45, 2.75) is 18.8 Å². The Morgan fingerprint density at radius 2 is 1.91 bits per heavy atom. The number of nitrogens with zero attached hydrogens (tertiary/aromatic N) is 1. The molecule has 0 bridgehead atoms. The van der Waals surface area contributed by atoms with Gasteiger partial charge in [0.2, 0.25) is 0 Å². The van der Waals surface area contributed by atoms with Crippen LogP contribution in [0.4, 0.5) is 23.7 Å². The van der Waals surface area contributed by atoms with Crippen LogP contribution in [0.5, 0.6) is 5.75 Å². The van der Waals surface area contributed by atoms with Crippen molar-refractivity contribution in [3.8, 4) is 5.75 Å². The van der Waals surface area contributed by atoms with E-state index in [1.54, 1.807) is 18.2 Å². The predicted molar refractivity (Wildman–Crippen MR) is 108 cm³/mol. The lowest BCUT2D eigenvalue weighted by atomic mass is 9.98. The molecule has 7 nitrogen and oxygen atoms in total. The van der Waals surface area contributed by atoms with Gasteiger partial charge in [0, 0.05) is 22.7 Å². The summed E-state index contributed by atoms with van der Waals surface area (Å²) < 4.78 is 51.4. The van der Waals surface area contributed by atoms with Crippen molar-refractivity contribution < 1.29 is 37.0 Å². The smallest absolute Gasteiger partial charge is 0.477 e. The van der Waals surface area contributed by atoms with Gasteiger partial charge in [-0.05, 0) is 47.5 Å². The van der Waals surface area contributed by atoms with E-state index in [-0.39, 0.29) is 12.4 Å². The first-order valence-corrected chi connectivity index (χ1v) is 9.70. The average Bonchev–Trinajstić information content (AvgIpc) is 3.10. The van der Waals surface area contributed by atoms with Crippen molar-refractivity contribution in [1.29, 1.82) is 0 Å². The molecular weight excluding hydrogens is 453 g/mol. The molecule has 32 heavy (non-hydrogen) atoms. The number of alkyl halides is 3. The molecule has 0 radical (unpaired) electrons. The summed E-state index contributed by atoms with van der Waals surface area (Å²) in [6.07, 6.45) is -4.40. The second-order valence-corrected chi connectivity index (χ2v) is 7.42. The van der Waals surface area contributed by atoms with E-state index in [4.69, 9.17) is 21.1 Å². The maximum absolute atomic E-state index is 12.9. The lowest BCUT2D eigenvalue weighted by molar-refractivity contribution is -0.274. The van der Waals surface area contributed by atoms with Crippen LogP contribution >= 0.6 is 11.6 Å². The van der Waals surface area contributed by atoms with E-state index in [1.165, 1.54) is 19.2 Å². The van der Waals surface area contributed by atoms with Gasteiger partial charge in [-0.15, -0.1) is 13.2 Å². The van der Waals surface area contributed by atoms with Crippen LogP contribution in [-0.4, -0.2) is 43.1 Å². The minimum atomic E-state index is -4.82. The van der Waals surface area contributed by atoms with E-state index in [2.05, 4.69) is 10.1 Å². The number of amides is 2. The fourth-order valence-corrected chi connectivity index (χ4v) is 3.86. The Bertz CT molecular complexity index is 1100. The normalized spacial score (nSPS) is 17.3. The SMILES string of the molecule is COC(=O)C1C2=C(Cc3cc(Cl)ccc32)OCN1C(=O)Nc1ccc(OC(F)(F)F)cc1. The molecule has 0 aromatic heterocycles. The molecule has 1 atom stereocenters. The molecule has 1 heterocycles. The quantitative estimate of drug-likeness (QED) is 0.668. The number of urea groups is 1. The van der Waals surface area contributed by atoms with Crippen LogP contribution in [-0.2, 0) is 20.7 Å². The minimum Gasteiger partial charge on any atom is -0.477 e. The first kappa shape index (κ1) is 21.8. The van der Waals surface area contributed by atoms with E-state index >= 15 is 0 Å². The molecule has 0 fully saturated rings. The number of rotatable bonds is 3. The van der Waals surface area contributed by atoms with Gasteiger partial charge in [0.15, 0.2) is 12.8 Å². The fourth-order valence-electron chi connectivity index (χ4n) is 3.66. The Kier molecular flexibility index (Phi) is 5.64. The average molecular weight is 469 g/mol. The summed E-state index contributed by atoms with van der Waals surface area (Å²) in [5.74, 6) is -0.539. The second-order valence-electron chi connectivity index (χ2n) is 6.99. The highest BCUT2D eigenvalue weighted by Crippen LogP contribution is 2.41. The Balaban J connectivity index is 1.57. The van der Waals surface area contributed by atoms with E-state index in [1.807, 2.05) is 0 Å². The molecule has 2 aromatic carbocycles. The van der Waals surface area contributed by atoms with Crippen LogP contribution in [0, 0.1) is 0 Å². The Labute approximate surface area is 185 Å². The van der Waals surface area contributed by atoms with Gasteiger partial charge < -0.3 is 19.5 Å². The highest BCUT2D eigenvalue weighted by atomic mass is 35.5. The molecule has 2 aromatic rings. The number of methoxy groups -OCH3 is 1. The van der Waals surface area contributed by atoms with Crippen molar-refractivity contribution in [3.63, 3.8) is 0 Å². The molecule has 1 N–H and O–H groups in total. The number of ether oxygens (including phenoxy) is 3. The Hall–Kier alpha value is -3.40. The number of hydrogen-bond acceptors (Lipinski definition) is 5. The maximum Gasteiger partial charge on any atom is 0.573 e. The number of carbonyl (C=O) groups is 2. The van der Waals surface area contributed by atoms with Crippen LogP contribution in [0.15, 0.2) is 48.2 Å². The van der Waals surface area contributed by atoms with E-state index in [0.29, 0.717) is 22.8 Å². The molecule has 2 aliphatic rings. The monoisotopic (exact) mass is 468 g/mol. The maximum atomic E-state index is 12.9. The van der Waals surface area contributed by atoms with Gasteiger partial charge in [-0.25, -0.2) is 9.59 Å². The topological polar surface area (TPSA) is 77.1 Å². The summed E-state index contributed by atoms with van der Waals surface area (Å²) in [5.41, 5.74) is 2.30. The molecule has 2 amide bonds. The van der Waals surface area contributed by atoms with Crippen molar-refractivity contribution in [2.75, 3.05) is 19.2 Å². The minimum absolute atomic E-state index is 0.200. The highest BCUT2D eigenvalue weighted by molar-refractivity contribution is 6.30. The number of nitrogens with one attached hydrogen (secondary N) is 1. The standard InChI is InChI=1S/C21H16ClF3N2O5/c1-30-19(28)18-17-15-7-2-12(22)8-11(15)9-16(17)31-10-27(18)20(29)26-13-3-5-14(6-4-13)32-21(23,24)25/h2-8,18H,9-10H2,1H3,(H,26,29). The van der Waals surface area contributed by atoms with Crippen LogP contribution in [0.3, 0.4) is 0 Å². The van der Waals surface area contributed by atoms with Crippen LogP contribution in [0.1, 0.15) is 11.1 Å². The highest BCUT2D eigenvalue weighted by Gasteiger charge is 2.43. The second kappa shape index (κ2) is 8.27. The van der Waals surface area contributed by atoms with Gasteiger partial charge >= 0.3 is 18.4 Å². The molecule has 1 aliphatic heterocycles. The third kappa shape index (κ3) is 4.31. The first-order chi connectivity index (χ1) is 15.2. The molecule has 1 aliphatic carbocycles. The molecule has 1 unspecified atom stereocenters. The number of halogens is 4. The summed E-state index contributed by atoms with van der Waals surface area (Å²) in [6.45, 7) is -0.221. The summed E-state index contributed by atoms with van der Waals surface area (Å²) >= 11 is 6.07. The first-order valence-electron chi connectivity index (χ1n) is 9.32. The molecule has 0 saturated heterocycles. The van der Waals surface area contributed by atoms with Crippen molar-refractivity contribution in [2.24, 2.45) is 0 Å². The number of esters is 1. The van der Waals surface area contributed by atoms with E-state index in [0.717, 1.165) is 28.2 Å². The molecule has 11 heteroatoms. The third-order valence-electron chi connectivity index (χ3n) is 5.00. The zero-order valence-corrected chi connectivity index (χ0v) is 17.3. The summed E-state index contributed by atoms with van der Waals surface area (Å²) in [6, 6.07) is 8.04. The Morgan fingerprint density at radius 3 is 2.56 bits per heavy atom. The predicted octanol–water partition coefficient (Wildman–Crippen LogP) is 4.57. The number of allylic oxidation sites excluding steroid dienone is 1. The number of hydrogen-bond donors (Lipinski definition) is 1. The zero-order chi connectivity index (χ0) is 23.0. The summed E-state index contributed by atoms with van der Waals surface area (Å²) in [5, 5.41) is 3.08. The largest absolute Gasteiger partial charge is 0.573 e. The number of carbonyl (C=O) groups excluding carboxylic acids is 2. The van der Waals surface area contributed by atoms with Crippen LogP contribution < -0.4 is 10.1 Å². The van der Waals surface area contributed by atoms with Crippen molar-refractivity contribution in [3.05, 3.63) is 64.4 Å². The van der Waals surface area contributed by atoms with Gasteiger partial charge in [0.05, 0.1) is 7.11 Å². The summed E-state index contributed by atoms with van der Waals surface area (Å²) in [7, 11) is 1.21. The number of fused-ring (bicyclic) bond motifs is 2. The van der Waals surface area contributed by atoms with Crippen LogP contribution in [0.25, 0.3) is 5.57 Å². The fraction of sp³-hybridized carbons (Fsp3) is 0.238. The lowest BCUT2D eigenvalue weighted by Gasteiger charge is -2.35. The van der Waals surface area contributed by atoms with Gasteiger partial charge in [0.25, 0.3) is 0 Å². The van der Waals surface area contributed by atoms with Crippen molar-refractivity contribution >= 4 is 34.9 Å². The van der Waals surface area contributed by atoms with Crippen LogP contribution in [0.2, 0.25) is 5.02 Å². The lowest BCUT2D eigenvalue weighted by Crippen LogP contribution is -2.51. The summed E-state index contributed by atoms with van der Waals surface area (Å²) in [4.78, 5) is 26.7. The zero-order valence-electron chi connectivity index (χ0n) is 16.5.